The molecule has 1 aliphatic carbocycles. The van der Waals surface area contributed by atoms with Crippen molar-refractivity contribution in [1.82, 2.24) is 4.98 Å². The van der Waals surface area contributed by atoms with Gasteiger partial charge in [0, 0.05) is 11.8 Å². The predicted octanol–water partition coefficient (Wildman–Crippen LogP) is 1.59. The molecule has 1 aliphatic rings. The second-order valence-electron chi connectivity index (χ2n) is 4.37. The van der Waals surface area contributed by atoms with E-state index in [1.807, 2.05) is 19.9 Å². The largest absolute Gasteiger partial charge is 0.385 e. The Hall–Kier alpha value is -1.09. The molecule has 14 heavy (non-hydrogen) atoms. The van der Waals surface area contributed by atoms with Crippen LogP contribution in [0.3, 0.4) is 0 Å². The third-order valence-corrected chi connectivity index (χ3v) is 2.97. The van der Waals surface area contributed by atoms with Gasteiger partial charge in [0.1, 0.15) is 5.82 Å². The first kappa shape index (κ1) is 9.46. The minimum atomic E-state index is -0.802. The fraction of sp³-hybridized carbons (Fsp3) is 0.545. The smallest absolute Gasteiger partial charge is 0.129 e. The monoisotopic (exact) mass is 192 g/mol. The summed E-state index contributed by atoms with van der Waals surface area (Å²) < 4.78 is 0. The maximum Gasteiger partial charge on any atom is 0.129 e. The highest BCUT2D eigenvalue weighted by atomic mass is 16.3. The highest BCUT2D eigenvalue weighted by Crippen LogP contribution is 2.46. The van der Waals surface area contributed by atoms with Gasteiger partial charge in [0.05, 0.1) is 5.60 Å². The number of aromatic nitrogens is 1. The molecule has 0 amide bonds. The molecule has 3 heteroatoms. The lowest BCUT2D eigenvalue weighted by atomic mass is 9.90. The summed E-state index contributed by atoms with van der Waals surface area (Å²) in [4.78, 5) is 4.07. The van der Waals surface area contributed by atoms with Gasteiger partial charge in [-0.15, -0.1) is 0 Å². The number of hydrogen-bond donors (Lipinski definition) is 2. The number of rotatable bonds is 2. The summed E-state index contributed by atoms with van der Waals surface area (Å²) in [6, 6.07) is 1.93. The highest BCUT2D eigenvalue weighted by Gasteiger charge is 2.42. The number of aliphatic hydroxyl groups is 1. The van der Waals surface area contributed by atoms with Crippen LogP contribution in [0, 0.1) is 12.8 Å². The van der Waals surface area contributed by atoms with E-state index in [0.29, 0.717) is 11.7 Å². The molecule has 0 saturated heterocycles. The van der Waals surface area contributed by atoms with Crippen molar-refractivity contribution in [3.05, 3.63) is 23.4 Å². The Morgan fingerprint density at radius 3 is 2.79 bits per heavy atom. The third kappa shape index (κ3) is 1.48. The zero-order valence-corrected chi connectivity index (χ0v) is 8.62. The van der Waals surface area contributed by atoms with Gasteiger partial charge in [0.15, 0.2) is 0 Å². The molecule has 0 aromatic carbocycles. The van der Waals surface area contributed by atoms with E-state index in [0.717, 1.165) is 24.0 Å². The van der Waals surface area contributed by atoms with Gasteiger partial charge >= 0.3 is 0 Å². The average molecular weight is 192 g/mol. The number of nitrogens with two attached hydrogens (primary N) is 1. The molecule has 0 spiro atoms. The molecule has 1 fully saturated rings. The second kappa shape index (κ2) is 2.95. The lowest BCUT2D eigenvalue weighted by molar-refractivity contribution is 0.0335. The lowest BCUT2D eigenvalue weighted by Gasteiger charge is -2.24. The van der Waals surface area contributed by atoms with Crippen LogP contribution >= 0.6 is 0 Å². The van der Waals surface area contributed by atoms with E-state index in [1.54, 1.807) is 6.20 Å². The van der Waals surface area contributed by atoms with Crippen molar-refractivity contribution in [3.8, 4) is 0 Å². The number of anilines is 1. The summed E-state index contributed by atoms with van der Waals surface area (Å²) in [6.07, 6.45) is 3.89. The van der Waals surface area contributed by atoms with Gasteiger partial charge < -0.3 is 10.8 Å². The number of pyridine rings is 1. The Labute approximate surface area is 84.0 Å². The van der Waals surface area contributed by atoms with E-state index in [2.05, 4.69) is 4.98 Å². The summed E-state index contributed by atoms with van der Waals surface area (Å²) >= 11 is 0. The fourth-order valence-corrected chi connectivity index (χ4v) is 1.85. The van der Waals surface area contributed by atoms with Crippen LogP contribution in [-0.4, -0.2) is 10.1 Å². The van der Waals surface area contributed by atoms with Crippen molar-refractivity contribution in [3.63, 3.8) is 0 Å². The van der Waals surface area contributed by atoms with Crippen molar-refractivity contribution in [2.24, 2.45) is 5.92 Å². The fourth-order valence-electron chi connectivity index (χ4n) is 1.85. The van der Waals surface area contributed by atoms with Crippen LogP contribution in [0.1, 0.15) is 30.9 Å². The van der Waals surface area contributed by atoms with Gasteiger partial charge in [-0.2, -0.15) is 0 Å². The molecule has 1 saturated carbocycles. The Kier molecular flexibility index (Phi) is 2.00. The van der Waals surface area contributed by atoms with Gasteiger partial charge in [0.2, 0.25) is 0 Å². The molecule has 76 valence electrons. The Balaban J connectivity index is 2.43. The van der Waals surface area contributed by atoms with Crippen LogP contribution in [-0.2, 0) is 5.60 Å². The van der Waals surface area contributed by atoms with Crippen LogP contribution < -0.4 is 5.73 Å². The van der Waals surface area contributed by atoms with Gasteiger partial charge in [0.25, 0.3) is 0 Å². The maximum atomic E-state index is 10.3. The highest BCUT2D eigenvalue weighted by molar-refractivity contribution is 5.45. The molecule has 1 aromatic rings. The summed E-state index contributed by atoms with van der Waals surface area (Å²) in [6.45, 7) is 3.79. The topological polar surface area (TPSA) is 59.1 Å². The van der Waals surface area contributed by atoms with Crippen molar-refractivity contribution in [2.45, 2.75) is 32.3 Å². The first-order valence-corrected chi connectivity index (χ1v) is 4.97. The molecular weight excluding hydrogens is 176 g/mol. The van der Waals surface area contributed by atoms with Gasteiger partial charge in [-0.05, 0) is 44.2 Å². The van der Waals surface area contributed by atoms with Crippen molar-refractivity contribution in [1.29, 1.82) is 0 Å². The van der Waals surface area contributed by atoms with E-state index in [9.17, 15) is 5.11 Å². The van der Waals surface area contributed by atoms with Gasteiger partial charge in [-0.3, -0.25) is 0 Å². The molecule has 1 aromatic heterocycles. The molecule has 1 atom stereocenters. The summed E-state index contributed by atoms with van der Waals surface area (Å²) in [5.41, 5.74) is 6.78. The Bertz CT molecular complexity index is 356. The molecule has 1 unspecified atom stereocenters. The van der Waals surface area contributed by atoms with Crippen molar-refractivity contribution >= 4 is 5.82 Å². The molecule has 0 radical (unpaired) electrons. The zero-order chi connectivity index (χ0) is 10.3. The predicted molar refractivity (Wildman–Crippen MR) is 55.7 cm³/mol. The Morgan fingerprint density at radius 1 is 1.57 bits per heavy atom. The number of nitrogen functional groups attached to an aromatic ring is 1. The van der Waals surface area contributed by atoms with Crippen molar-refractivity contribution in [2.75, 3.05) is 5.73 Å². The summed E-state index contributed by atoms with van der Waals surface area (Å²) in [5.74, 6) is 0.806. The zero-order valence-electron chi connectivity index (χ0n) is 8.62. The van der Waals surface area contributed by atoms with Crippen LogP contribution in [0.15, 0.2) is 12.3 Å². The number of aryl methyl sites for hydroxylation is 1. The van der Waals surface area contributed by atoms with Crippen LogP contribution in [0.25, 0.3) is 0 Å². The third-order valence-electron chi connectivity index (χ3n) is 2.97. The Morgan fingerprint density at radius 2 is 2.21 bits per heavy atom. The minimum Gasteiger partial charge on any atom is -0.385 e. The average Bonchev–Trinajstić information content (AvgIpc) is 2.91. The SMILES string of the molecule is Cc1cnc(N)c(C(C)(O)C2CC2)c1. The standard InChI is InChI=1S/C11H16N2O/c1-7-5-9(10(12)13-6-7)11(2,14)8-3-4-8/h5-6,8,14H,3-4H2,1-2H3,(H2,12,13). The number of nitrogens with zero attached hydrogens (tertiary/aromatic N) is 1. The summed E-state index contributed by atoms with van der Waals surface area (Å²) in [7, 11) is 0. The normalized spacial score (nSPS) is 20.5. The first-order valence-electron chi connectivity index (χ1n) is 4.97. The van der Waals surface area contributed by atoms with E-state index >= 15 is 0 Å². The van der Waals surface area contributed by atoms with Crippen LogP contribution in [0.2, 0.25) is 0 Å². The summed E-state index contributed by atoms with van der Waals surface area (Å²) in [5, 5.41) is 10.3. The van der Waals surface area contributed by atoms with E-state index in [1.165, 1.54) is 0 Å². The van der Waals surface area contributed by atoms with Crippen LogP contribution in [0.5, 0.6) is 0 Å². The minimum absolute atomic E-state index is 0.355. The van der Waals surface area contributed by atoms with Crippen LogP contribution in [0.4, 0.5) is 5.82 Å². The first-order chi connectivity index (χ1) is 6.51. The molecular formula is C11H16N2O. The van der Waals surface area contributed by atoms with Gasteiger partial charge in [-0.25, -0.2) is 4.98 Å². The molecule has 2 rings (SSSR count). The lowest BCUT2D eigenvalue weighted by Crippen LogP contribution is -2.25. The maximum absolute atomic E-state index is 10.3. The molecule has 3 nitrogen and oxygen atoms in total. The molecule has 0 aliphatic heterocycles. The molecule has 0 bridgehead atoms. The number of hydrogen-bond acceptors (Lipinski definition) is 3. The van der Waals surface area contributed by atoms with Gasteiger partial charge in [-0.1, -0.05) is 0 Å². The van der Waals surface area contributed by atoms with E-state index in [-0.39, 0.29) is 0 Å². The quantitative estimate of drug-likeness (QED) is 0.748. The molecule has 1 heterocycles. The van der Waals surface area contributed by atoms with E-state index < -0.39 is 5.60 Å². The van der Waals surface area contributed by atoms with Crippen molar-refractivity contribution < 1.29 is 5.11 Å². The molecule has 3 N–H and O–H groups in total. The second-order valence-corrected chi connectivity index (χ2v) is 4.37. The van der Waals surface area contributed by atoms with E-state index in [4.69, 9.17) is 5.73 Å².